The number of carbonyl (C=O) groups is 1. The maximum absolute atomic E-state index is 12.1. The fourth-order valence-electron chi connectivity index (χ4n) is 1.50. The summed E-state index contributed by atoms with van der Waals surface area (Å²) in [5.74, 6) is 0.216. The number of hydrogen-bond acceptors (Lipinski definition) is 1. The second-order valence-electron chi connectivity index (χ2n) is 3.88. The highest BCUT2D eigenvalue weighted by Crippen LogP contribution is 2.17. The Morgan fingerprint density at radius 3 is 2.56 bits per heavy atom. The zero-order valence-corrected chi connectivity index (χ0v) is 10.0. The summed E-state index contributed by atoms with van der Waals surface area (Å²) in [5, 5.41) is 0. The molecular weight excluding hydrogens is 198 g/mol. The lowest BCUT2D eigenvalue weighted by Gasteiger charge is -2.24. The Kier molecular flexibility index (Phi) is 4.77. The van der Waals surface area contributed by atoms with E-state index in [-0.39, 0.29) is 11.8 Å². The van der Waals surface area contributed by atoms with Crippen molar-refractivity contribution in [1.82, 2.24) is 0 Å². The smallest absolute Gasteiger partial charge is 0.230 e. The van der Waals surface area contributed by atoms with E-state index in [1.807, 2.05) is 44.2 Å². The van der Waals surface area contributed by atoms with E-state index in [0.29, 0.717) is 6.54 Å². The van der Waals surface area contributed by atoms with Gasteiger partial charge in [0.2, 0.25) is 5.91 Å². The van der Waals surface area contributed by atoms with Gasteiger partial charge in [-0.05, 0) is 18.6 Å². The number of benzene rings is 1. The molecule has 0 aliphatic heterocycles. The van der Waals surface area contributed by atoms with Gasteiger partial charge in [-0.2, -0.15) is 0 Å². The summed E-state index contributed by atoms with van der Waals surface area (Å²) in [6.45, 7) is 8.25. The van der Waals surface area contributed by atoms with Gasteiger partial charge >= 0.3 is 0 Å². The Morgan fingerprint density at radius 2 is 2.06 bits per heavy atom. The Hall–Kier alpha value is -1.57. The van der Waals surface area contributed by atoms with Crippen molar-refractivity contribution in [1.29, 1.82) is 0 Å². The highest BCUT2D eigenvalue weighted by Gasteiger charge is 2.19. The predicted molar refractivity (Wildman–Crippen MR) is 68.4 cm³/mol. The van der Waals surface area contributed by atoms with Crippen LogP contribution in [0, 0.1) is 5.92 Å². The highest BCUT2D eigenvalue weighted by atomic mass is 16.2. The fraction of sp³-hybridized carbons (Fsp3) is 0.357. The van der Waals surface area contributed by atoms with Gasteiger partial charge in [0.05, 0.1) is 0 Å². The van der Waals surface area contributed by atoms with Gasteiger partial charge in [0, 0.05) is 18.2 Å². The maximum Gasteiger partial charge on any atom is 0.230 e. The highest BCUT2D eigenvalue weighted by molar-refractivity contribution is 5.95. The zero-order valence-electron chi connectivity index (χ0n) is 10.0. The average molecular weight is 217 g/mol. The lowest BCUT2D eigenvalue weighted by molar-refractivity contribution is -0.121. The SMILES string of the molecule is C=CCN(C(=O)C(C)CC)c1ccccc1. The molecule has 0 saturated heterocycles. The maximum atomic E-state index is 12.1. The molecule has 1 rings (SSSR count). The second-order valence-corrected chi connectivity index (χ2v) is 3.88. The van der Waals surface area contributed by atoms with Gasteiger partial charge in [-0.1, -0.05) is 38.1 Å². The molecule has 1 aromatic rings. The minimum absolute atomic E-state index is 0.0557. The second kappa shape index (κ2) is 6.11. The molecule has 2 nitrogen and oxygen atoms in total. The molecule has 0 aliphatic rings. The topological polar surface area (TPSA) is 20.3 Å². The molecule has 1 unspecified atom stereocenters. The van der Waals surface area contributed by atoms with Crippen molar-refractivity contribution in [2.24, 2.45) is 5.92 Å². The van der Waals surface area contributed by atoms with Crippen LogP contribution in [0.25, 0.3) is 0 Å². The lowest BCUT2D eigenvalue weighted by atomic mass is 10.1. The summed E-state index contributed by atoms with van der Waals surface area (Å²) >= 11 is 0. The van der Waals surface area contributed by atoms with Gasteiger partial charge in [-0.25, -0.2) is 0 Å². The van der Waals surface area contributed by atoms with Crippen LogP contribution in [0.15, 0.2) is 43.0 Å². The van der Waals surface area contributed by atoms with Gasteiger partial charge in [-0.3, -0.25) is 4.79 Å². The molecule has 16 heavy (non-hydrogen) atoms. The minimum Gasteiger partial charge on any atom is -0.308 e. The number of carbonyl (C=O) groups excluding carboxylic acids is 1. The van der Waals surface area contributed by atoms with Crippen LogP contribution in [0.1, 0.15) is 20.3 Å². The molecule has 1 atom stereocenters. The molecule has 0 heterocycles. The van der Waals surface area contributed by atoms with E-state index in [2.05, 4.69) is 6.58 Å². The number of rotatable bonds is 5. The Labute approximate surface area is 97.6 Å². The molecule has 0 aromatic heterocycles. The van der Waals surface area contributed by atoms with Crippen molar-refractivity contribution in [3.63, 3.8) is 0 Å². The van der Waals surface area contributed by atoms with E-state index in [1.165, 1.54) is 0 Å². The molecule has 0 spiro atoms. The van der Waals surface area contributed by atoms with Crippen LogP contribution in [0.3, 0.4) is 0 Å². The molecule has 1 aromatic carbocycles. The van der Waals surface area contributed by atoms with Crippen LogP contribution in [0.2, 0.25) is 0 Å². The molecule has 1 amide bonds. The van der Waals surface area contributed by atoms with Crippen molar-refractivity contribution in [3.8, 4) is 0 Å². The monoisotopic (exact) mass is 217 g/mol. The van der Waals surface area contributed by atoms with E-state index >= 15 is 0 Å². The fourth-order valence-corrected chi connectivity index (χ4v) is 1.50. The first kappa shape index (κ1) is 12.5. The summed E-state index contributed by atoms with van der Waals surface area (Å²) in [7, 11) is 0. The van der Waals surface area contributed by atoms with Crippen molar-refractivity contribution < 1.29 is 4.79 Å². The number of nitrogens with zero attached hydrogens (tertiary/aromatic N) is 1. The van der Waals surface area contributed by atoms with E-state index in [9.17, 15) is 4.79 Å². The summed E-state index contributed by atoms with van der Waals surface area (Å²) in [6, 6.07) is 9.72. The summed E-state index contributed by atoms with van der Waals surface area (Å²) in [4.78, 5) is 13.9. The molecule has 0 radical (unpaired) electrons. The third-order valence-electron chi connectivity index (χ3n) is 2.68. The number of amides is 1. The van der Waals surface area contributed by atoms with Gasteiger partial charge in [0.25, 0.3) is 0 Å². The van der Waals surface area contributed by atoms with E-state index in [4.69, 9.17) is 0 Å². The molecule has 2 heteroatoms. The zero-order chi connectivity index (χ0) is 12.0. The summed E-state index contributed by atoms with van der Waals surface area (Å²) < 4.78 is 0. The first-order valence-electron chi connectivity index (χ1n) is 5.68. The lowest BCUT2D eigenvalue weighted by Crippen LogP contribution is -2.35. The van der Waals surface area contributed by atoms with Crippen molar-refractivity contribution in [2.45, 2.75) is 20.3 Å². The molecular formula is C14H19NO. The quantitative estimate of drug-likeness (QED) is 0.693. The van der Waals surface area contributed by atoms with Crippen molar-refractivity contribution in [3.05, 3.63) is 43.0 Å². The average Bonchev–Trinajstić information content (AvgIpc) is 2.35. The van der Waals surface area contributed by atoms with E-state index < -0.39 is 0 Å². The third kappa shape index (κ3) is 2.96. The molecule has 0 fully saturated rings. The van der Waals surface area contributed by atoms with Crippen LogP contribution in [-0.4, -0.2) is 12.5 Å². The minimum atomic E-state index is 0.0557. The van der Waals surface area contributed by atoms with Crippen LogP contribution in [0.5, 0.6) is 0 Å². The van der Waals surface area contributed by atoms with Crippen LogP contribution >= 0.6 is 0 Å². The number of hydrogen-bond donors (Lipinski definition) is 0. The number of anilines is 1. The number of para-hydroxylation sites is 1. The van der Waals surface area contributed by atoms with Crippen LogP contribution in [0.4, 0.5) is 5.69 Å². The molecule has 86 valence electrons. The van der Waals surface area contributed by atoms with Gasteiger partial charge in [0.15, 0.2) is 0 Å². The summed E-state index contributed by atoms with van der Waals surface area (Å²) in [5.41, 5.74) is 0.938. The van der Waals surface area contributed by atoms with Crippen LogP contribution in [-0.2, 0) is 4.79 Å². The normalized spacial score (nSPS) is 11.9. The molecule has 0 N–H and O–H groups in total. The predicted octanol–water partition coefficient (Wildman–Crippen LogP) is 3.25. The standard InChI is InChI=1S/C14H19NO/c1-4-11-15(14(16)12(3)5-2)13-9-7-6-8-10-13/h4,6-10,12H,1,5,11H2,2-3H3. The van der Waals surface area contributed by atoms with Gasteiger partial charge in [-0.15, -0.1) is 6.58 Å². The Balaban J connectivity index is 2.91. The van der Waals surface area contributed by atoms with E-state index in [0.717, 1.165) is 12.1 Å². The Morgan fingerprint density at radius 1 is 1.44 bits per heavy atom. The Bertz CT molecular complexity index is 345. The molecule has 0 saturated carbocycles. The molecule has 0 bridgehead atoms. The van der Waals surface area contributed by atoms with E-state index in [1.54, 1.807) is 11.0 Å². The first-order chi connectivity index (χ1) is 7.70. The first-order valence-corrected chi connectivity index (χ1v) is 5.68. The van der Waals surface area contributed by atoms with Gasteiger partial charge in [0.1, 0.15) is 0 Å². The third-order valence-corrected chi connectivity index (χ3v) is 2.68. The van der Waals surface area contributed by atoms with Crippen molar-refractivity contribution in [2.75, 3.05) is 11.4 Å². The van der Waals surface area contributed by atoms with Crippen molar-refractivity contribution >= 4 is 11.6 Å². The largest absolute Gasteiger partial charge is 0.308 e. The van der Waals surface area contributed by atoms with Crippen LogP contribution < -0.4 is 4.90 Å². The molecule has 0 aliphatic carbocycles. The van der Waals surface area contributed by atoms with Gasteiger partial charge < -0.3 is 4.90 Å². The summed E-state index contributed by atoms with van der Waals surface area (Å²) in [6.07, 6.45) is 2.62.